The third kappa shape index (κ3) is 2.51. The minimum absolute atomic E-state index is 0. The number of H-pyrrole nitrogens is 1. The van der Waals surface area contributed by atoms with Crippen LogP contribution in [0, 0.1) is 5.82 Å². The molecule has 7 nitrogen and oxygen atoms in total. The van der Waals surface area contributed by atoms with Crippen molar-refractivity contribution in [3.8, 4) is 0 Å². The minimum Gasteiger partial charge on any atom is -0.349 e. The van der Waals surface area contributed by atoms with Gasteiger partial charge in [-0.15, -0.1) is 12.4 Å². The topological polar surface area (TPSA) is 85.9 Å². The molecule has 1 spiro atoms. The van der Waals surface area contributed by atoms with Crippen LogP contribution in [0.1, 0.15) is 29.6 Å². The Hall–Kier alpha value is -2.58. The molecule has 2 aromatic heterocycles. The van der Waals surface area contributed by atoms with Gasteiger partial charge in [-0.1, -0.05) is 11.6 Å². The Balaban J connectivity index is 0.00000192. The third-order valence-corrected chi connectivity index (χ3v) is 5.83. The van der Waals surface area contributed by atoms with Gasteiger partial charge in [0.05, 0.1) is 27.3 Å². The number of nitrogens with zero attached hydrogens (tertiary/aromatic N) is 3. The van der Waals surface area contributed by atoms with Gasteiger partial charge in [-0.25, -0.2) is 14.4 Å². The summed E-state index contributed by atoms with van der Waals surface area (Å²) < 4.78 is 15.5. The van der Waals surface area contributed by atoms with Crippen molar-refractivity contribution >= 4 is 58.1 Å². The lowest BCUT2D eigenvalue weighted by Gasteiger charge is -2.53. The lowest BCUT2D eigenvalue weighted by atomic mass is 9.81. The van der Waals surface area contributed by atoms with E-state index in [-0.39, 0.29) is 40.3 Å². The maximum absolute atomic E-state index is 15.5. The van der Waals surface area contributed by atoms with Crippen LogP contribution in [0.4, 0.5) is 21.6 Å². The van der Waals surface area contributed by atoms with E-state index in [2.05, 4.69) is 25.6 Å². The van der Waals surface area contributed by atoms with Crippen LogP contribution < -0.4 is 15.5 Å². The summed E-state index contributed by atoms with van der Waals surface area (Å²) in [7, 11) is 1.79. The summed E-state index contributed by atoms with van der Waals surface area (Å²) >= 11 is 6.36. The number of aromatic nitrogens is 3. The highest BCUT2D eigenvalue weighted by atomic mass is 35.5. The van der Waals surface area contributed by atoms with Gasteiger partial charge in [0, 0.05) is 13.2 Å². The van der Waals surface area contributed by atoms with Crippen molar-refractivity contribution in [2.45, 2.75) is 24.9 Å². The standard InChI is InChI=1S/C18H16ClFN6O.ClH/c1-26-14-12(17(27)25-18(26)4-2-5-18)10(19)7-11(13(14)20)24-16-9-3-6-21-15(9)22-8-23-16;/h3,6-8H,2,4-5H2,1H3,(H,25,27)(H2,21,22,23,24);1H. The Morgan fingerprint density at radius 3 is 2.86 bits per heavy atom. The summed E-state index contributed by atoms with van der Waals surface area (Å²) in [5.74, 6) is -0.411. The molecule has 1 aromatic carbocycles. The van der Waals surface area contributed by atoms with E-state index in [1.54, 1.807) is 24.2 Å². The van der Waals surface area contributed by atoms with Gasteiger partial charge in [0.1, 0.15) is 23.5 Å². The lowest BCUT2D eigenvalue weighted by molar-refractivity contribution is 0.0800. The molecule has 0 bridgehead atoms. The van der Waals surface area contributed by atoms with Gasteiger partial charge in [-0.05, 0) is 31.4 Å². The Morgan fingerprint density at radius 1 is 1.36 bits per heavy atom. The van der Waals surface area contributed by atoms with Crippen LogP contribution in [0.3, 0.4) is 0 Å². The maximum Gasteiger partial charge on any atom is 0.256 e. The summed E-state index contributed by atoms with van der Waals surface area (Å²) in [6, 6.07) is 3.22. The van der Waals surface area contributed by atoms with E-state index in [1.165, 1.54) is 12.4 Å². The number of halogens is 3. The Morgan fingerprint density at radius 2 is 2.14 bits per heavy atom. The van der Waals surface area contributed by atoms with Crippen LogP contribution in [0.15, 0.2) is 24.7 Å². The largest absolute Gasteiger partial charge is 0.349 e. The number of fused-ring (bicyclic) bond motifs is 2. The van der Waals surface area contributed by atoms with Crippen LogP contribution in [-0.2, 0) is 0 Å². The number of aromatic amines is 1. The second-order valence-electron chi connectivity index (χ2n) is 6.93. The van der Waals surface area contributed by atoms with Gasteiger partial charge in [-0.3, -0.25) is 4.79 Å². The first kappa shape index (κ1) is 18.8. The fraction of sp³-hybridized carbons (Fsp3) is 0.278. The molecule has 28 heavy (non-hydrogen) atoms. The number of hydrogen-bond acceptors (Lipinski definition) is 5. The Kier molecular flexibility index (Phi) is 4.35. The van der Waals surface area contributed by atoms with Gasteiger partial charge in [0.25, 0.3) is 5.91 Å². The van der Waals surface area contributed by atoms with E-state index in [0.29, 0.717) is 11.5 Å². The highest BCUT2D eigenvalue weighted by Crippen LogP contribution is 2.46. The number of hydrogen-bond donors (Lipinski definition) is 3. The van der Waals surface area contributed by atoms with Gasteiger partial charge < -0.3 is 20.5 Å². The maximum atomic E-state index is 15.5. The van der Waals surface area contributed by atoms with Gasteiger partial charge in [0.2, 0.25) is 0 Å². The highest BCUT2D eigenvalue weighted by Gasteiger charge is 2.48. The van der Waals surface area contributed by atoms with Crippen molar-refractivity contribution in [3.63, 3.8) is 0 Å². The summed E-state index contributed by atoms with van der Waals surface area (Å²) in [4.78, 5) is 25.7. The molecular weight excluding hydrogens is 406 g/mol. The molecule has 0 saturated heterocycles. The van der Waals surface area contributed by atoms with Crippen molar-refractivity contribution in [2.24, 2.45) is 0 Å². The molecule has 146 valence electrons. The molecular formula is C18H17Cl2FN6O. The number of anilines is 3. The van der Waals surface area contributed by atoms with Crippen LogP contribution in [-0.4, -0.2) is 33.6 Å². The summed E-state index contributed by atoms with van der Waals surface area (Å²) in [5, 5.41) is 6.90. The second-order valence-corrected chi connectivity index (χ2v) is 7.34. The van der Waals surface area contributed by atoms with Crippen LogP contribution in [0.25, 0.3) is 11.0 Å². The van der Waals surface area contributed by atoms with Crippen molar-refractivity contribution < 1.29 is 9.18 Å². The average molecular weight is 423 g/mol. The van der Waals surface area contributed by atoms with E-state index >= 15 is 4.39 Å². The molecule has 3 heterocycles. The zero-order chi connectivity index (χ0) is 18.8. The quantitative estimate of drug-likeness (QED) is 0.581. The predicted molar refractivity (Wildman–Crippen MR) is 108 cm³/mol. The van der Waals surface area contributed by atoms with Gasteiger partial charge in [-0.2, -0.15) is 0 Å². The fourth-order valence-corrected chi connectivity index (χ4v) is 4.16. The summed E-state index contributed by atoms with van der Waals surface area (Å²) in [6.45, 7) is 0. The minimum atomic E-state index is -0.532. The van der Waals surface area contributed by atoms with Crippen molar-refractivity contribution in [1.82, 2.24) is 20.3 Å². The van der Waals surface area contributed by atoms with Crippen LogP contribution in [0.2, 0.25) is 5.02 Å². The molecule has 1 amide bonds. The molecule has 1 fully saturated rings. The molecule has 5 rings (SSSR count). The monoisotopic (exact) mass is 422 g/mol. The lowest BCUT2D eigenvalue weighted by Crippen LogP contribution is -2.66. The Labute approximate surface area is 171 Å². The van der Waals surface area contributed by atoms with Crippen molar-refractivity contribution in [1.29, 1.82) is 0 Å². The normalized spacial score (nSPS) is 17.0. The van der Waals surface area contributed by atoms with E-state index in [4.69, 9.17) is 11.6 Å². The fourth-order valence-electron chi connectivity index (χ4n) is 3.88. The number of rotatable bonds is 2. The zero-order valence-corrected chi connectivity index (χ0v) is 16.4. The number of benzene rings is 1. The van der Waals surface area contributed by atoms with Crippen molar-refractivity contribution in [2.75, 3.05) is 17.3 Å². The van der Waals surface area contributed by atoms with Crippen molar-refractivity contribution in [3.05, 3.63) is 41.1 Å². The van der Waals surface area contributed by atoms with E-state index in [1.807, 2.05) is 0 Å². The second kappa shape index (κ2) is 6.49. The van der Waals surface area contributed by atoms with E-state index < -0.39 is 11.5 Å². The molecule has 1 aliphatic heterocycles. The number of carbonyl (C=O) groups is 1. The molecule has 0 unspecified atom stereocenters. The molecule has 0 radical (unpaired) electrons. The zero-order valence-electron chi connectivity index (χ0n) is 14.8. The third-order valence-electron chi connectivity index (χ3n) is 5.53. The first-order valence-electron chi connectivity index (χ1n) is 8.64. The smallest absolute Gasteiger partial charge is 0.256 e. The Bertz CT molecular complexity index is 1100. The number of nitrogens with one attached hydrogen (secondary N) is 3. The SMILES string of the molecule is CN1c2c(F)c(Nc3ncnc4[nH]ccc34)cc(Cl)c2C(=O)NC12CCC2.Cl. The van der Waals surface area contributed by atoms with Gasteiger partial charge in [0.15, 0.2) is 5.82 Å². The molecule has 3 aromatic rings. The number of amides is 1. The summed E-state index contributed by atoms with van der Waals surface area (Å²) in [6.07, 6.45) is 5.67. The first-order valence-corrected chi connectivity index (χ1v) is 9.01. The highest BCUT2D eigenvalue weighted by molar-refractivity contribution is 6.35. The van der Waals surface area contributed by atoms with E-state index in [9.17, 15) is 4.79 Å². The van der Waals surface area contributed by atoms with Gasteiger partial charge >= 0.3 is 0 Å². The number of carbonyl (C=O) groups excluding carboxylic acids is 1. The van der Waals surface area contributed by atoms with Crippen LogP contribution >= 0.6 is 24.0 Å². The molecule has 10 heteroatoms. The molecule has 3 N–H and O–H groups in total. The molecule has 1 aliphatic carbocycles. The molecule has 2 aliphatic rings. The van der Waals surface area contributed by atoms with E-state index in [0.717, 1.165) is 24.6 Å². The summed E-state index contributed by atoms with van der Waals surface area (Å²) in [5.41, 5.74) is 0.648. The molecule has 1 saturated carbocycles. The van der Waals surface area contributed by atoms with Crippen LogP contribution in [0.5, 0.6) is 0 Å². The molecule has 0 atom stereocenters. The first-order chi connectivity index (χ1) is 13.0. The predicted octanol–water partition coefficient (Wildman–Crippen LogP) is 3.98. The average Bonchev–Trinajstić information content (AvgIpc) is 3.09.